The molecule has 110 valence electrons. The van der Waals surface area contributed by atoms with E-state index >= 15 is 0 Å². The van der Waals surface area contributed by atoms with E-state index in [1.807, 2.05) is 19.1 Å². The molecule has 0 saturated heterocycles. The average Bonchev–Trinajstić information content (AvgIpc) is 3.02. The Labute approximate surface area is 124 Å². The summed E-state index contributed by atoms with van der Waals surface area (Å²) in [7, 11) is 1.74. The molecule has 1 aliphatic carbocycles. The lowest BCUT2D eigenvalue weighted by atomic mass is 10.3. The number of carbonyl (C=O) groups is 1. The molecule has 1 fully saturated rings. The highest BCUT2D eigenvalue weighted by Gasteiger charge is 2.36. The van der Waals surface area contributed by atoms with Crippen molar-refractivity contribution in [2.24, 2.45) is 5.92 Å². The van der Waals surface area contributed by atoms with Gasteiger partial charge in [-0.25, -0.2) is 4.98 Å². The Morgan fingerprint density at radius 3 is 2.76 bits per heavy atom. The molecule has 5 nitrogen and oxygen atoms in total. The molecule has 2 aromatic heterocycles. The maximum Gasteiger partial charge on any atom is 0.274 e. The van der Waals surface area contributed by atoms with Crippen LogP contribution in [0.1, 0.15) is 47.0 Å². The van der Waals surface area contributed by atoms with Crippen LogP contribution in [0.3, 0.4) is 0 Å². The van der Waals surface area contributed by atoms with Crippen molar-refractivity contribution in [3.8, 4) is 0 Å². The van der Waals surface area contributed by atoms with Gasteiger partial charge in [-0.3, -0.25) is 9.78 Å². The zero-order chi connectivity index (χ0) is 15.0. The van der Waals surface area contributed by atoms with E-state index in [0.717, 1.165) is 17.2 Å². The van der Waals surface area contributed by atoms with E-state index in [0.29, 0.717) is 24.1 Å². The van der Waals surface area contributed by atoms with E-state index in [2.05, 4.69) is 16.9 Å². The van der Waals surface area contributed by atoms with Gasteiger partial charge in [-0.15, -0.1) is 0 Å². The van der Waals surface area contributed by atoms with Crippen LogP contribution in [-0.4, -0.2) is 27.8 Å². The van der Waals surface area contributed by atoms with Gasteiger partial charge >= 0.3 is 0 Å². The number of aromatic nitrogens is 2. The summed E-state index contributed by atoms with van der Waals surface area (Å²) >= 11 is 0. The Kier molecular flexibility index (Phi) is 3.49. The van der Waals surface area contributed by atoms with Crippen molar-refractivity contribution >= 4 is 5.91 Å². The van der Waals surface area contributed by atoms with Gasteiger partial charge in [0.25, 0.3) is 5.91 Å². The third kappa shape index (κ3) is 2.96. The Balaban J connectivity index is 1.65. The van der Waals surface area contributed by atoms with Crippen molar-refractivity contribution < 1.29 is 9.21 Å². The number of aryl methyl sites for hydroxylation is 1. The summed E-state index contributed by atoms with van der Waals surface area (Å²) in [5, 5.41) is 0. The van der Waals surface area contributed by atoms with Gasteiger partial charge in [-0.1, -0.05) is 6.92 Å². The fourth-order valence-corrected chi connectivity index (χ4v) is 2.40. The summed E-state index contributed by atoms with van der Waals surface area (Å²) < 4.78 is 5.82. The summed E-state index contributed by atoms with van der Waals surface area (Å²) in [5.41, 5.74) is 1.15. The fourth-order valence-electron chi connectivity index (χ4n) is 2.40. The standard InChI is InChI=1S/C16H19N3O2/c1-10-6-13(10)15-5-4-12(21-15)9-19(3)16(20)14-8-17-11(2)7-18-14/h4-5,7-8,10,13H,6,9H2,1-3H3/t10-,13+/m0/s1. The second-order valence-electron chi connectivity index (χ2n) is 5.83. The summed E-state index contributed by atoms with van der Waals surface area (Å²) in [6.45, 7) is 4.50. The van der Waals surface area contributed by atoms with Gasteiger partial charge in [0.1, 0.15) is 17.2 Å². The molecule has 1 saturated carbocycles. The lowest BCUT2D eigenvalue weighted by Gasteiger charge is -2.14. The van der Waals surface area contributed by atoms with Crippen LogP contribution in [-0.2, 0) is 6.54 Å². The van der Waals surface area contributed by atoms with Crippen molar-refractivity contribution in [1.29, 1.82) is 0 Å². The highest BCUT2D eigenvalue weighted by molar-refractivity contribution is 5.91. The first-order valence-electron chi connectivity index (χ1n) is 7.17. The Morgan fingerprint density at radius 1 is 1.38 bits per heavy atom. The minimum absolute atomic E-state index is 0.153. The monoisotopic (exact) mass is 285 g/mol. The maximum absolute atomic E-state index is 12.2. The smallest absolute Gasteiger partial charge is 0.274 e. The summed E-state index contributed by atoms with van der Waals surface area (Å²) in [5.74, 6) is 2.96. The molecule has 2 atom stereocenters. The Morgan fingerprint density at radius 2 is 2.14 bits per heavy atom. The van der Waals surface area contributed by atoms with Gasteiger partial charge < -0.3 is 9.32 Å². The quantitative estimate of drug-likeness (QED) is 0.866. The molecular weight excluding hydrogens is 266 g/mol. The lowest BCUT2D eigenvalue weighted by molar-refractivity contribution is 0.0768. The molecule has 0 aromatic carbocycles. The third-order valence-corrected chi connectivity index (χ3v) is 3.90. The minimum atomic E-state index is -0.153. The minimum Gasteiger partial charge on any atom is -0.464 e. The van der Waals surface area contributed by atoms with Crippen LogP contribution in [0.5, 0.6) is 0 Å². The van der Waals surface area contributed by atoms with Gasteiger partial charge in [0, 0.05) is 19.2 Å². The highest BCUT2D eigenvalue weighted by Crippen LogP contribution is 2.47. The molecule has 1 amide bonds. The Bertz CT molecular complexity index is 648. The molecule has 21 heavy (non-hydrogen) atoms. The zero-order valence-electron chi connectivity index (χ0n) is 12.5. The normalized spacial score (nSPS) is 20.3. The molecule has 2 heterocycles. The molecule has 0 aliphatic heterocycles. The first kappa shape index (κ1) is 13.8. The third-order valence-electron chi connectivity index (χ3n) is 3.90. The number of nitrogens with zero attached hydrogens (tertiary/aromatic N) is 3. The molecule has 2 aromatic rings. The summed E-state index contributed by atoms with van der Waals surface area (Å²) in [6, 6.07) is 3.97. The van der Waals surface area contributed by atoms with E-state index < -0.39 is 0 Å². The van der Waals surface area contributed by atoms with Gasteiger partial charge in [-0.2, -0.15) is 0 Å². The second kappa shape index (κ2) is 5.31. The molecule has 0 spiro atoms. The van der Waals surface area contributed by atoms with Crippen molar-refractivity contribution in [1.82, 2.24) is 14.9 Å². The van der Waals surface area contributed by atoms with E-state index in [9.17, 15) is 4.79 Å². The zero-order valence-corrected chi connectivity index (χ0v) is 12.5. The van der Waals surface area contributed by atoms with E-state index in [-0.39, 0.29) is 5.91 Å². The number of hydrogen-bond donors (Lipinski definition) is 0. The number of amides is 1. The van der Waals surface area contributed by atoms with Gasteiger partial charge in [-0.05, 0) is 31.4 Å². The van der Waals surface area contributed by atoms with Crippen LogP contribution in [0.25, 0.3) is 0 Å². The second-order valence-corrected chi connectivity index (χ2v) is 5.83. The van der Waals surface area contributed by atoms with E-state index in [1.165, 1.54) is 12.6 Å². The predicted molar refractivity (Wildman–Crippen MR) is 77.8 cm³/mol. The topological polar surface area (TPSA) is 59.2 Å². The average molecular weight is 285 g/mol. The first-order chi connectivity index (χ1) is 10.0. The molecule has 5 heteroatoms. The predicted octanol–water partition coefficient (Wildman–Crippen LogP) is 2.77. The van der Waals surface area contributed by atoms with E-state index in [1.54, 1.807) is 18.1 Å². The number of rotatable bonds is 4. The molecular formula is C16H19N3O2. The summed E-state index contributed by atoms with van der Waals surface area (Å²) in [4.78, 5) is 22.1. The van der Waals surface area contributed by atoms with Crippen molar-refractivity contribution in [2.75, 3.05) is 7.05 Å². The molecule has 0 bridgehead atoms. The molecule has 0 N–H and O–H groups in total. The van der Waals surface area contributed by atoms with Gasteiger partial charge in [0.2, 0.25) is 0 Å². The van der Waals surface area contributed by atoms with Crippen LogP contribution < -0.4 is 0 Å². The van der Waals surface area contributed by atoms with Crippen LogP contribution in [0.4, 0.5) is 0 Å². The summed E-state index contributed by atoms with van der Waals surface area (Å²) in [6.07, 6.45) is 4.30. The van der Waals surface area contributed by atoms with Crippen LogP contribution in [0, 0.1) is 12.8 Å². The number of hydrogen-bond acceptors (Lipinski definition) is 4. The molecule has 0 radical (unpaired) electrons. The molecule has 0 unspecified atom stereocenters. The van der Waals surface area contributed by atoms with Crippen LogP contribution in [0.15, 0.2) is 28.9 Å². The van der Waals surface area contributed by atoms with Crippen molar-refractivity contribution in [3.63, 3.8) is 0 Å². The fraction of sp³-hybridized carbons (Fsp3) is 0.438. The number of furan rings is 1. The Hall–Kier alpha value is -2.17. The van der Waals surface area contributed by atoms with E-state index in [4.69, 9.17) is 4.42 Å². The van der Waals surface area contributed by atoms with Gasteiger partial charge in [0.15, 0.2) is 0 Å². The maximum atomic E-state index is 12.2. The van der Waals surface area contributed by atoms with Gasteiger partial charge in [0.05, 0.1) is 18.4 Å². The highest BCUT2D eigenvalue weighted by atomic mass is 16.3. The number of carbonyl (C=O) groups excluding carboxylic acids is 1. The van der Waals surface area contributed by atoms with Crippen molar-refractivity contribution in [2.45, 2.75) is 32.7 Å². The van der Waals surface area contributed by atoms with Crippen LogP contribution in [0.2, 0.25) is 0 Å². The van der Waals surface area contributed by atoms with Crippen molar-refractivity contribution in [3.05, 3.63) is 47.4 Å². The largest absolute Gasteiger partial charge is 0.464 e. The molecule has 3 rings (SSSR count). The molecule has 1 aliphatic rings. The SMILES string of the molecule is Cc1cnc(C(=O)N(C)Cc2ccc([C@@H]3C[C@@H]3C)o2)cn1. The van der Waals surface area contributed by atoms with Crippen LogP contribution >= 0.6 is 0 Å². The first-order valence-corrected chi connectivity index (χ1v) is 7.17. The lowest BCUT2D eigenvalue weighted by Crippen LogP contribution is -2.27.